The molecule has 0 spiro atoms. The molecule has 2 aromatic rings. The summed E-state index contributed by atoms with van der Waals surface area (Å²) in [4.78, 5) is 11.1. The van der Waals surface area contributed by atoms with Gasteiger partial charge in [0.1, 0.15) is 0 Å². The van der Waals surface area contributed by atoms with Crippen molar-refractivity contribution in [1.29, 1.82) is 0 Å². The lowest BCUT2D eigenvalue weighted by molar-refractivity contribution is -0.141. The molecule has 0 N–H and O–H groups in total. The average molecular weight is 319 g/mol. The molecule has 2 aromatic carbocycles. The van der Waals surface area contributed by atoms with Crippen molar-refractivity contribution in [1.82, 2.24) is 0 Å². The molecule has 3 rings (SSSR count). The highest BCUT2D eigenvalue weighted by atomic mass is 32.2. The Labute approximate surface area is 129 Å². The third kappa shape index (κ3) is 2.43. The summed E-state index contributed by atoms with van der Waals surface area (Å²) in [5.41, 5.74) is 0.737. The molecule has 0 saturated carbocycles. The first-order valence-corrected chi connectivity index (χ1v) is 8.63. The zero-order chi connectivity index (χ0) is 15.7. The van der Waals surface area contributed by atoms with Crippen LogP contribution in [0.4, 0.5) is 5.69 Å². The van der Waals surface area contributed by atoms with Gasteiger partial charge in [0.15, 0.2) is 0 Å². The topological polar surface area (TPSA) is 63.7 Å². The number of rotatable bonds is 5. The molecule has 116 valence electrons. The minimum atomic E-state index is -3.48. The lowest BCUT2D eigenvalue weighted by atomic mass is 10.1. The second kappa shape index (κ2) is 5.61. The van der Waals surface area contributed by atoms with Crippen molar-refractivity contribution in [2.24, 2.45) is 0 Å². The lowest BCUT2D eigenvalue weighted by Gasteiger charge is -2.18. The number of carbonyl (C=O) groups is 1. The molecular weight excluding hydrogens is 302 g/mol. The van der Waals surface area contributed by atoms with E-state index in [1.807, 2.05) is 24.3 Å². The quantitative estimate of drug-likeness (QED) is 0.628. The number of benzene rings is 2. The van der Waals surface area contributed by atoms with Gasteiger partial charge in [-0.15, -0.1) is 0 Å². The Bertz CT molecular complexity index is 824. The molecule has 1 heterocycles. The Hall–Kier alpha value is -2.08. The number of unbranched alkanes of at least 4 members (excludes halogenated alkanes) is 1. The van der Waals surface area contributed by atoms with Crippen LogP contribution in [0.2, 0.25) is 0 Å². The van der Waals surface area contributed by atoms with E-state index in [2.05, 4.69) is 0 Å². The van der Waals surface area contributed by atoms with Crippen LogP contribution in [0.25, 0.3) is 10.8 Å². The molecule has 6 heteroatoms. The molecule has 0 fully saturated rings. The molecule has 0 saturated heterocycles. The molecule has 5 nitrogen and oxygen atoms in total. The number of carbonyl (C=O) groups excluding carboxylic acids is 1. The summed E-state index contributed by atoms with van der Waals surface area (Å²) >= 11 is 0. The number of sulfonamides is 1. The fourth-order valence-corrected chi connectivity index (χ4v) is 4.52. The lowest BCUT2D eigenvalue weighted by Crippen LogP contribution is -2.28. The molecule has 0 unspecified atom stereocenters. The zero-order valence-electron chi connectivity index (χ0n) is 12.3. The Kier molecular flexibility index (Phi) is 3.78. The Morgan fingerprint density at radius 3 is 2.59 bits per heavy atom. The van der Waals surface area contributed by atoms with Crippen molar-refractivity contribution in [3.63, 3.8) is 0 Å². The first kappa shape index (κ1) is 14.8. The molecule has 0 aromatic heterocycles. The van der Waals surface area contributed by atoms with Crippen LogP contribution in [0.5, 0.6) is 0 Å². The number of ether oxygens (including phenoxy) is 1. The van der Waals surface area contributed by atoms with E-state index in [-0.39, 0.29) is 5.97 Å². The van der Waals surface area contributed by atoms with Crippen LogP contribution < -0.4 is 4.31 Å². The smallest absolute Gasteiger partial charge is 0.302 e. The van der Waals surface area contributed by atoms with Crippen LogP contribution in [0.1, 0.15) is 19.8 Å². The first-order valence-electron chi connectivity index (χ1n) is 7.19. The summed E-state index contributed by atoms with van der Waals surface area (Å²) in [6.45, 7) is 2.07. The van der Waals surface area contributed by atoms with Crippen molar-refractivity contribution in [3.8, 4) is 0 Å². The SMILES string of the molecule is CC(=O)OCCCCN1c2cccc3cccc(c23)S1(=O)=O. The van der Waals surface area contributed by atoms with Crippen molar-refractivity contribution in [3.05, 3.63) is 36.4 Å². The van der Waals surface area contributed by atoms with E-state index < -0.39 is 10.0 Å². The highest BCUT2D eigenvalue weighted by molar-refractivity contribution is 7.93. The predicted molar refractivity (Wildman–Crippen MR) is 84.3 cm³/mol. The van der Waals surface area contributed by atoms with E-state index in [0.717, 1.165) is 16.5 Å². The van der Waals surface area contributed by atoms with E-state index in [0.29, 0.717) is 30.9 Å². The van der Waals surface area contributed by atoms with Gasteiger partial charge in [-0.1, -0.05) is 24.3 Å². The predicted octanol–water partition coefficient (Wildman–Crippen LogP) is 2.69. The second-order valence-corrected chi connectivity index (χ2v) is 7.09. The van der Waals surface area contributed by atoms with Crippen molar-refractivity contribution < 1.29 is 17.9 Å². The highest BCUT2D eigenvalue weighted by Crippen LogP contribution is 2.41. The van der Waals surface area contributed by atoms with Gasteiger partial charge in [-0.05, 0) is 30.4 Å². The minimum Gasteiger partial charge on any atom is -0.466 e. The molecule has 0 atom stereocenters. The van der Waals surface area contributed by atoms with Crippen LogP contribution >= 0.6 is 0 Å². The van der Waals surface area contributed by atoms with E-state index >= 15 is 0 Å². The summed E-state index contributed by atoms with van der Waals surface area (Å²) in [6, 6.07) is 11.0. The van der Waals surface area contributed by atoms with Gasteiger partial charge in [0.2, 0.25) is 0 Å². The summed E-state index contributed by atoms with van der Waals surface area (Å²) in [6.07, 6.45) is 1.27. The van der Waals surface area contributed by atoms with E-state index in [4.69, 9.17) is 4.74 Å². The molecule has 1 aliphatic rings. The van der Waals surface area contributed by atoms with Crippen LogP contribution in [-0.4, -0.2) is 27.5 Å². The molecular formula is C16H17NO4S. The fourth-order valence-electron chi connectivity index (χ4n) is 2.77. The summed E-state index contributed by atoms with van der Waals surface area (Å²) in [7, 11) is -3.48. The molecule has 0 amide bonds. The molecule has 0 bridgehead atoms. The maximum absolute atomic E-state index is 12.7. The van der Waals surface area contributed by atoms with Gasteiger partial charge < -0.3 is 4.74 Å². The summed E-state index contributed by atoms with van der Waals surface area (Å²) < 4.78 is 31.7. The number of hydrogen-bond acceptors (Lipinski definition) is 4. The fraction of sp³-hybridized carbons (Fsp3) is 0.312. The maximum atomic E-state index is 12.7. The van der Waals surface area contributed by atoms with Crippen molar-refractivity contribution in [2.45, 2.75) is 24.7 Å². The van der Waals surface area contributed by atoms with Crippen molar-refractivity contribution in [2.75, 3.05) is 17.5 Å². The Morgan fingerprint density at radius 1 is 1.14 bits per heavy atom. The maximum Gasteiger partial charge on any atom is 0.302 e. The standard InChI is InChI=1S/C16H17NO4S/c1-12(18)21-11-3-2-10-17-14-8-4-6-13-7-5-9-15(16(13)14)22(17,19)20/h4-9H,2-3,10-11H2,1H3. The van der Waals surface area contributed by atoms with Gasteiger partial charge in [0, 0.05) is 18.9 Å². The largest absolute Gasteiger partial charge is 0.466 e. The number of esters is 1. The van der Waals surface area contributed by atoms with Gasteiger partial charge in [-0.25, -0.2) is 8.42 Å². The normalized spacial score (nSPS) is 15.2. The van der Waals surface area contributed by atoms with Gasteiger partial charge in [-0.3, -0.25) is 9.10 Å². The monoisotopic (exact) mass is 319 g/mol. The molecule has 1 aliphatic heterocycles. The van der Waals surface area contributed by atoms with E-state index in [1.54, 1.807) is 12.1 Å². The first-order chi connectivity index (χ1) is 10.5. The van der Waals surface area contributed by atoms with Gasteiger partial charge >= 0.3 is 5.97 Å². The van der Waals surface area contributed by atoms with Crippen molar-refractivity contribution >= 4 is 32.5 Å². The minimum absolute atomic E-state index is 0.314. The van der Waals surface area contributed by atoms with Gasteiger partial charge in [-0.2, -0.15) is 0 Å². The highest BCUT2D eigenvalue weighted by Gasteiger charge is 2.34. The molecule has 22 heavy (non-hydrogen) atoms. The third-order valence-corrected chi connectivity index (χ3v) is 5.60. The average Bonchev–Trinajstić information content (AvgIpc) is 2.70. The van der Waals surface area contributed by atoms with Gasteiger partial charge in [0.25, 0.3) is 10.0 Å². The van der Waals surface area contributed by atoms with E-state index in [1.165, 1.54) is 11.2 Å². The van der Waals surface area contributed by atoms with Gasteiger partial charge in [0.05, 0.1) is 17.2 Å². The van der Waals surface area contributed by atoms with Crippen LogP contribution in [-0.2, 0) is 19.6 Å². The second-order valence-electron chi connectivity index (χ2n) is 5.26. The third-order valence-electron chi connectivity index (χ3n) is 3.74. The number of anilines is 1. The van der Waals surface area contributed by atoms with Crippen LogP contribution in [0.3, 0.4) is 0 Å². The Balaban J connectivity index is 1.82. The Morgan fingerprint density at radius 2 is 1.86 bits per heavy atom. The molecule has 0 radical (unpaired) electrons. The number of hydrogen-bond donors (Lipinski definition) is 0. The molecule has 0 aliphatic carbocycles. The zero-order valence-corrected chi connectivity index (χ0v) is 13.1. The summed E-state index contributed by atoms with van der Waals surface area (Å²) in [5.74, 6) is -0.314. The van der Waals surface area contributed by atoms with E-state index in [9.17, 15) is 13.2 Å². The summed E-state index contributed by atoms with van der Waals surface area (Å²) in [5, 5.41) is 1.73. The van der Waals surface area contributed by atoms with Crippen LogP contribution in [0, 0.1) is 0 Å². The number of nitrogens with zero attached hydrogens (tertiary/aromatic N) is 1. The van der Waals surface area contributed by atoms with Crippen LogP contribution in [0.15, 0.2) is 41.3 Å².